The fourth-order valence-corrected chi connectivity index (χ4v) is 4.72. The smallest absolute Gasteiger partial charge is 0.233 e. The molecule has 1 saturated heterocycles. The molecule has 0 aliphatic carbocycles. The molecule has 1 aliphatic heterocycles. The normalized spacial score (nSPS) is 15.2. The van der Waals surface area contributed by atoms with Gasteiger partial charge >= 0.3 is 0 Å². The third kappa shape index (κ3) is 5.22. The third-order valence-electron chi connectivity index (χ3n) is 4.88. The SMILES string of the molecule is O=S(=O)(c1ccc(Cl)cc1)c1nc(-c2ccc(Cl)cc2)oc1NCCN1CCOCC1. The minimum Gasteiger partial charge on any atom is -0.419 e. The number of nitrogens with one attached hydrogen (secondary N) is 1. The second-order valence-electron chi connectivity index (χ2n) is 7.00. The van der Waals surface area contributed by atoms with E-state index in [1.165, 1.54) is 24.3 Å². The van der Waals surface area contributed by atoms with Crippen LogP contribution in [0.5, 0.6) is 0 Å². The number of morpholine rings is 1. The van der Waals surface area contributed by atoms with E-state index in [-0.39, 0.29) is 21.7 Å². The maximum atomic E-state index is 13.3. The molecule has 0 bridgehead atoms. The molecule has 164 valence electrons. The molecule has 4 rings (SSSR count). The first kappa shape index (κ1) is 22.1. The summed E-state index contributed by atoms with van der Waals surface area (Å²) in [5, 5.41) is 3.95. The number of halogens is 2. The van der Waals surface area contributed by atoms with Crippen molar-refractivity contribution in [2.75, 3.05) is 44.7 Å². The number of rotatable bonds is 7. The fourth-order valence-electron chi connectivity index (χ4n) is 3.19. The van der Waals surface area contributed by atoms with E-state index in [4.69, 9.17) is 32.4 Å². The summed E-state index contributed by atoms with van der Waals surface area (Å²) in [5.41, 5.74) is 0.623. The molecule has 0 amide bonds. The first-order valence-electron chi connectivity index (χ1n) is 9.75. The maximum Gasteiger partial charge on any atom is 0.233 e. The van der Waals surface area contributed by atoms with E-state index in [0.29, 0.717) is 35.4 Å². The van der Waals surface area contributed by atoms with Crippen LogP contribution in [-0.2, 0) is 14.6 Å². The van der Waals surface area contributed by atoms with E-state index in [1.807, 2.05) is 0 Å². The predicted molar refractivity (Wildman–Crippen MR) is 120 cm³/mol. The summed E-state index contributed by atoms with van der Waals surface area (Å²) in [5.74, 6) is 0.297. The first-order chi connectivity index (χ1) is 14.9. The number of nitrogens with zero attached hydrogens (tertiary/aromatic N) is 2. The van der Waals surface area contributed by atoms with Crippen molar-refractivity contribution < 1.29 is 17.6 Å². The minimum absolute atomic E-state index is 0.0871. The number of aromatic nitrogens is 1. The van der Waals surface area contributed by atoms with Gasteiger partial charge in [-0.1, -0.05) is 23.2 Å². The number of hydrogen-bond acceptors (Lipinski definition) is 7. The lowest BCUT2D eigenvalue weighted by molar-refractivity contribution is 0.0398. The van der Waals surface area contributed by atoms with Crippen molar-refractivity contribution in [1.82, 2.24) is 9.88 Å². The molecule has 3 aromatic rings. The summed E-state index contributed by atoms with van der Waals surface area (Å²) >= 11 is 11.9. The molecule has 2 heterocycles. The molecule has 10 heteroatoms. The number of sulfone groups is 1. The summed E-state index contributed by atoms with van der Waals surface area (Å²) in [7, 11) is -3.92. The molecule has 0 atom stereocenters. The molecule has 1 fully saturated rings. The number of benzene rings is 2. The van der Waals surface area contributed by atoms with Gasteiger partial charge < -0.3 is 14.5 Å². The van der Waals surface area contributed by atoms with Crippen LogP contribution >= 0.6 is 23.2 Å². The fraction of sp³-hybridized carbons (Fsp3) is 0.286. The second-order valence-corrected chi connectivity index (χ2v) is 9.74. The van der Waals surface area contributed by atoms with Gasteiger partial charge in [0.15, 0.2) is 0 Å². The average Bonchev–Trinajstić information content (AvgIpc) is 3.20. The number of anilines is 1. The zero-order valence-corrected chi connectivity index (χ0v) is 18.9. The van der Waals surface area contributed by atoms with E-state index in [0.717, 1.165) is 19.6 Å². The molecule has 0 saturated carbocycles. The van der Waals surface area contributed by atoms with Crippen LogP contribution in [-0.4, -0.2) is 57.7 Å². The minimum atomic E-state index is -3.92. The van der Waals surface area contributed by atoms with Crippen LogP contribution in [0.15, 0.2) is 62.9 Å². The van der Waals surface area contributed by atoms with Gasteiger partial charge in [-0.25, -0.2) is 8.42 Å². The summed E-state index contributed by atoms with van der Waals surface area (Å²) in [6, 6.07) is 12.8. The predicted octanol–water partition coefficient (Wildman–Crippen LogP) is 4.23. The Morgan fingerprint density at radius 1 is 0.968 bits per heavy atom. The Morgan fingerprint density at radius 2 is 1.58 bits per heavy atom. The Kier molecular flexibility index (Phi) is 6.83. The lowest BCUT2D eigenvalue weighted by Crippen LogP contribution is -2.39. The molecule has 1 N–H and O–H groups in total. The zero-order chi connectivity index (χ0) is 21.8. The molecule has 0 unspecified atom stereocenters. The maximum absolute atomic E-state index is 13.3. The monoisotopic (exact) mass is 481 g/mol. The average molecular weight is 482 g/mol. The van der Waals surface area contributed by atoms with Crippen molar-refractivity contribution >= 4 is 38.9 Å². The Hall–Kier alpha value is -2.10. The molecule has 1 aliphatic rings. The molecule has 0 spiro atoms. The highest BCUT2D eigenvalue weighted by molar-refractivity contribution is 7.91. The van der Waals surface area contributed by atoms with Gasteiger partial charge in [-0.05, 0) is 48.5 Å². The van der Waals surface area contributed by atoms with Gasteiger partial charge in [0, 0.05) is 41.8 Å². The van der Waals surface area contributed by atoms with E-state index >= 15 is 0 Å². The van der Waals surface area contributed by atoms with Gasteiger partial charge in [-0.2, -0.15) is 4.98 Å². The summed E-state index contributed by atoms with van der Waals surface area (Å²) in [6.07, 6.45) is 0. The van der Waals surface area contributed by atoms with Crippen molar-refractivity contribution in [2.24, 2.45) is 0 Å². The van der Waals surface area contributed by atoms with Gasteiger partial charge in [-0.15, -0.1) is 0 Å². The van der Waals surface area contributed by atoms with Crippen molar-refractivity contribution in [1.29, 1.82) is 0 Å². The number of ether oxygens (including phenoxy) is 1. The highest BCUT2D eigenvalue weighted by Gasteiger charge is 2.28. The molecule has 7 nitrogen and oxygen atoms in total. The molecule has 2 aromatic carbocycles. The highest BCUT2D eigenvalue weighted by atomic mass is 35.5. The molecule has 31 heavy (non-hydrogen) atoms. The molecular formula is C21H21Cl2N3O4S. The first-order valence-corrected chi connectivity index (χ1v) is 12.0. The Labute approximate surface area is 190 Å². The second kappa shape index (κ2) is 9.58. The van der Waals surface area contributed by atoms with Crippen LogP contribution < -0.4 is 5.32 Å². The Bertz CT molecular complexity index is 1130. The molecular weight excluding hydrogens is 461 g/mol. The van der Waals surface area contributed by atoms with E-state index in [1.54, 1.807) is 24.3 Å². The van der Waals surface area contributed by atoms with Crippen LogP contribution in [0, 0.1) is 0 Å². The van der Waals surface area contributed by atoms with Crippen LogP contribution in [0.25, 0.3) is 11.5 Å². The molecule has 1 aromatic heterocycles. The van der Waals surface area contributed by atoms with E-state index < -0.39 is 9.84 Å². The summed E-state index contributed by atoms with van der Waals surface area (Å²) < 4.78 is 37.8. The van der Waals surface area contributed by atoms with Crippen molar-refractivity contribution in [2.45, 2.75) is 9.92 Å². The van der Waals surface area contributed by atoms with Crippen LogP contribution in [0.3, 0.4) is 0 Å². The summed E-state index contributed by atoms with van der Waals surface area (Å²) in [6.45, 7) is 4.28. The van der Waals surface area contributed by atoms with Crippen LogP contribution in [0.4, 0.5) is 5.88 Å². The Balaban J connectivity index is 1.64. The largest absolute Gasteiger partial charge is 0.419 e. The van der Waals surface area contributed by atoms with Gasteiger partial charge in [-0.3, -0.25) is 4.90 Å². The number of oxazole rings is 1. The number of hydrogen-bond donors (Lipinski definition) is 1. The zero-order valence-electron chi connectivity index (χ0n) is 16.6. The van der Waals surface area contributed by atoms with Crippen molar-refractivity contribution in [3.8, 4) is 11.5 Å². The molecule has 0 radical (unpaired) electrons. The van der Waals surface area contributed by atoms with Crippen molar-refractivity contribution in [3.63, 3.8) is 0 Å². The van der Waals surface area contributed by atoms with Crippen LogP contribution in [0.1, 0.15) is 0 Å². The van der Waals surface area contributed by atoms with Crippen molar-refractivity contribution in [3.05, 3.63) is 58.6 Å². The summed E-state index contributed by atoms with van der Waals surface area (Å²) in [4.78, 5) is 6.64. The van der Waals surface area contributed by atoms with Gasteiger partial charge in [0.05, 0.1) is 18.1 Å². The van der Waals surface area contributed by atoms with E-state index in [9.17, 15) is 8.42 Å². The highest BCUT2D eigenvalue weighted by Crippen LogP contribution is 2.33. The third-order valence-corrected chi connectivity index (χ3v) is 7.07. The quantitative estimate of drug-likeness (QED) is 0.540. The lowest BCUT2D eigenvalue weighted by Gasteiger charge is -2.26. The van der Waals surface area contributed by atoms with Crippen LogP contribution in [0.2, 0.25) is 10.0 Å². The van der Waals surface area contributed by atoms with E-state index in [2.05, 4.69) is 15.2 Å². The van der Waals surface area contributed by atoms with Gasteiger partial charge in [0.25, 0.3) is 0 Å². The standard InChI is InChI=1S/C21H21Cl2N3O4S/c22-16-3-1-15(2-4-16)19-25-21(31(27,28)18-7-5-17(23)6-8-18)20(30-19)24-9-10-26-11-13-29-14-12-26/h1-8,24H,9-14H2. The Morgan fingerprint density at radius 3 is 2.23 bits per heavy atom. The topological polar surface area (TPSA) is 84.7 Å². The van der Waals surface area contributed by atoms with Gasteiger partial charge in [0.2, 0.25) is 26.6 Å². The van der Waals surface area contributed by atoms with Gasteiger partial charge in [0.1, 0.15) is 0 Å². The lowest BCUT2D eigenvalue weighted by atomic mass is 10.2.